The molecule has 1 saturated heterocycles. The average Bonchev–Trinajstić information content (AvgIpc) is 2.83. The van der Waals surface area contributed by atoms with E-state index in [9.17, 15) is 13.2 Å². The molecule has 0 radical (unpaired) electrons. The summed E-state index contributed by atoms with van der Waals surface area (Å²) in [5.74, 6) is 1.15. The number of hydrogen-bond donors (Lipinski definition) is 0. The van der Waals surface area contributed by atoms with E-state index in [-0.39, 0.29) is 10.8 Å². The SMILES string of the molecule is CCN(Cc1cccc2c1OCCO2)C(=O)c1cc(S(=O)(=O)N2CCCCC2)ccc1C. The van der Waals surface area contributed by atoms with Gasteiger partial charge in [-0.2, -0.15) is 4.31 Å². The van der Waals surface area contributed by atoms with E-state index in [0.29, 0.717) is 56.5 Å². The molecule has 8 heteroatoms. The van der Waals surface area contributed by atoms with Crippen LogP contribution in [-0.2, 0) is 16.6 Å². The Morgan fingerprint density at radius 3 is 2.56 bits per heavy atom. The Bertz CT molecular complexity index is 1090. The van der Waals surface area contributed by atoms with E-state index >= 15 is 0 Å². The van der Waals surface area contributed by atoms with E-state index in [0.717, 1.165) is 30.4 Å². The number of carbonyl (C=O) groups excluding carboxylic acids is 1. The van der Waals surface area contributed by atoms with E-state index < -0.39 is 10.0 Å². The number of benzene rings is 2. The number of piperidine rings is 1. The molecular weight excluding hydrogens is 428 g/mol. The summed E-state index contributed by atoms with van der Waals surface area (Å²) < 4.78 is 39.2. The molecule has 0 saturated carbocycles. The molecule has 0 bridgehead atoms. The fraction of sp³-hybridized carbons (Fsp3) is 0.458. The van der Waals surface area contributed by atoms with Crippen molar-refractivity contribution < 1.29 is 22.7 Å². The van der Waals surface area contributed by atoms with Gasteiger partial charge in [0.25, 0.3) is 5.91 Å². The molecule has 2 aliphatic heterocycles. The van der Waals surface area contributed by atoms with Crippen LogP contribution in [0.2, 0.25) is 0 Å². The lowest BCUT2D eigenvalue weighted by Crippen LogP contribution is -2.36. The summed E-state index contributed by atoms with van der Waals surface area (Å²) in [4.78, 5) is 15.4. The Morgan fingerprint density at radius 2 is 1.81 bits per heavy atom. The number of rotatable bonds is 6. The number of fused-ring (bicyclic) bond motifs is 1. The Hall–Kier alpha value is -2.58. The molecular formula is C24H30N2O5S. The van der Waals surface area contributed by atoms with Gasteiger partial charge in [0, 0.05) is 37.3 Å². The largest absolute Gasteiger partial charge is 0.486 e. The second-order valence-electron chi connectivity index (χ2n) is 8.20. The van der Waals surface area contributed by atoms with Gasteiger partial charge in [0.15, 0.2) is 11.5 Å². The third-order valence-electron chi connectivity index (χ3n) is 6.07. The Labute approximate surface area is 190 Å². The molecule has 1 amide bonds. The number of amides is 1. The van der Waals surface area contributed by atoms with Gasteiger partial charge in [0.2, 0.25) is 10.0 Å². The third-order valence-corrected chi connectivity index (χ3v) is 7.96. The number of hydrogen-bond acceptors (Lipinski definition) is 5. The molecule has 0 spiro atoms. The summed E-state index contributed by atoms with van der Waals surface area (Å²) in [7, 11) is -3.61. The molecule has 2 aliphatic rings. The van der Waals surface area contributed by atoms with Gasteiger partial charge in [-0.1, -0.05) is 24.6 Å². The van der Waals surface area contributed by atoms with Gasteiger partial charge >= 0.3 is 0 Å². The summed E-state index contributed by atoms with van der Waals surface area (Å²) in [6, 6.07) is 10.5. The number of aryl methyl sites for hydroxylation is 1. The van der Waals surface area contributed by atoms with Crippen LogP contribution in [0.4, 0.5) is 0 Å². The molecule has 0 aromatic heterocycles. The minimum atomic E-state index is -3.61. The summed E-state index contributed by atoms with van der Waals surface area (Å²) in [6.45, 7) is 6.61. The number of nitrogens with zero attached hydrogens (tertiary/aromatic N) is 2. The molecule has 0 atom stereocenters. The molecule has 172 valence electrons. The van der Waals surface area contributed by atoms with Crippen molar-refractivity contribution in [2.24, 2.45) is 0 Å². The Kier molecular flexibility index (Phi) is 6.71. The molecule has 4 rings (SSSR count). The number of ether oxygens (including phenoxy) is 2. The zero-order valence-corrected chi connectivity index (χ0v) is 19.5. The van der Waals surface area contributed by atoms with Gasteiger partial charge in [-0.25, -0.2) is 8.42 Å². The highest BCUT2D eigenvalue weighted by Gasteiger charge is 2.28. The second-order valence-corrected chi connectivity index (χ2v) is 10.1. The van der Waals surface area contributed by atoms with Crippen LogP contribution in [0.5, 0.6) is 11.5 Å². The maximum atomic E-state index is 13.5. The third kappa shape index (κ3) is 4.47. The van der Waals surface area contributed by atoms with Gasteiger partial charge in [-0.3, -0.25) is 4.79 Å². The molecule has 2 aromatic rings. The minimum Gasteiger partial charge on any atom is -0.486 e. The van der Waals surface area contributed by atoms with Crippen LogP contribution in [0, 0.1) is 6.92 Å². The normalized spacial score (nSPS) is 16.6. The minimum absolute atomic E-state index is 0.179. The molecule has 2 aromatic carbocycles. The first-order valence-electron chi connectivity index (χ1n) is 11.2. The molecule has 1 fully saturated rings. The van der Waals surface area contributed by atoms with Crippen molar-refractivity contribution in [3.05, 3.63) is 53.1 Å². The highest BCUT2D eigenvalue weighted by molar-refractivity contribution is 7.89. The summed E-state index contributed by atoms with van der Waals surface area (Å²) in [6.07, 6.45) is 2.79. The number of para-hydroxylation sites is 1. The number of carbonyl (C=O) groups is 1. The predicted octanol–water partition coefficient (Wildman–Crippen LogP) is 3.60. The fourth-order valence-corrected chi connectivity index (χ4v) is 5.75. The van der Waals surface area contributed by atoms with E-state index in [2.05, 4.69) is 0 Å². The molecule has 0 aliphatic carbocycles. The molecule has 2 heterocycles. The first-order valence-corrected chi connectivity index (χ1v) is 12.6. The summed E-state index contributed by atoms with van der Waals surface area (Å²) in [5.41, 5.74) is 2.03. The smallest absolute Gasteiger partial charge is 0.254 e. The van der Waals surface area contributed by atoms with E-state index in [1.165, 1.54) is 10.4 Å². The van der Waals surface area contributed by atoms with Crippen molar-refractivity contribution in [3.63, 3.8) is 0 Å². The molecule has 0 unspecified atom stereocenters. The van der Waals surface area contributed by atoms with Crippen LogP contribution in [0.25, 0.3) is 0 Å². The van der Waals surface area contributed by atoms with Gasteiger partial charge < -0.3 is 14.4 Å². The van der Waals surface area contributed by atoms with Crippen molar-refractivity contribution in [2.45, 2.75) is 44.6 Å². The topological polar surface area (TPSA) is 76.1 Å². The average molecular weight is 459 g/mol. The standard InChI is InChI=1S/C24H30N2O5S/c1-3-25(17-19-8-7-9-22-23(19)31-15-14-30-22)24(27)21-16-20(11-10-18(21)2)32(28,29)26-12-5-4-6-13-26/h7-11,16H,3-6,12-15,17H2,1-2H3. The molecule has 0 N–H and O–H groups in total. The van der Waals surface area contributed by atoms with Crippen LogP contribution in [0.1, 0.15) is 47.7 Å². The summed E-state index contributed by atoms with van der Waals surface area (Å²) in [5, 5.41) is 0. The van der Waals surface area contributed by atoms with Crippen molar-refractivity contribution in [2.75, 3.05) is 32.8 Å². The lowest BCUT2D eigenvalue weighted by atomic mass is 10.1. The van der Waals surface area contributed by atoms with Gasteiger partial charge in [0.1, 0.15) is 13.2 Å². The highest BCUT2D eigenvalue weighted by atomic mass is 32.2. The van der Waals surface area contributed by atoms with Crippen LogP contribution < -0.4 is 9.47 Å². The van der Waals surface area contributed by atoms with Crippen LogP contribution in [0.15, 0.2) is 41.3 Å². The van der Waals surface area contributed by atoms with Crippen molar-refractivity contribution in [3.8, 4) is 11.5 Å². The predicted molar refractivity (Wildman–Crippen MR) is 122 cm³/mol. The van der Waals surface area contributed by atoms with E-state index in [4.69, 9.17) is 9.47 Å². The highest BCUT2D eigenvalue weighted by Crippen LogP contribution is 2.34. The maximum Gasteiger partial charge on any atom is 0.254 e. The zero-order chi connectivity index (χ0) is 22.7. The van der Waals surface area contributed by atoms with Crippen molar-refractivity contribution in [1.29, 1.82) is 0 Å². The zero-order valence-electron chi connectivity index (χ0n) is 18.7. The monoisotopic (exact) mass is 458 g/mol. The van der Waals surface area contributed by atoms with Crippen LogP contribution in [-0.4, -0.2) is 56.4 Å². The van der Waals surface area contributed by atoms with E-state index in [1.807, 2.05) is 32.0 Å². The lowest BCUT2D eigenvalue weighted by molar-refractivity contribution is 0.0748. The molecule has 7 nitrogen and oxygen atoms in total. The van der Waals surface area contributed by atoms with Gasteiger partial charge in [-0.15, -0.1) is 0 Å². The van der Waals surface area contributed by atoms with Crippen molar-refractivity contribution >= 4 is 15.9 Å². The fourth-order valence-electron chi connectivity index (χ4n) is 4.21. The Morgan fingerprint density at radius 1 is 1.06 bits per heavy atom. The van der Waals surface area contributed by atoms with E-state index in [1.54, 1.807) is 17.0 Å². The first kappa shape index (κ1) is 22.6. The molecule has 32 heavy (non-hydrogen) atoms. The van der Waals surface area contributed by atoms with Crippen molar-refractivity contribution in [1.82, 2.24) is 9.21 Å². The number of sulfonamides is 1. The Balaban J connectivity index is 1.61. The lowest BCUT2D eigenvalue weighted by Gasteiger charge is -2.27. The first-order chi connectivity index (χ1) is 15.4. The quantitative estimate of drug-likeness (QED) is 0.661. The second kappa shape index (κ2) is 9.50. The summed E-state index contributed by atoms with van der Waals surface area (Å²) >= 11 is 0. The van der Waals surface area contributed by atoms with Crippen LogP contribution in [0.3, 0.4) is 0 Å². The van der Waals surface area contributed by atoms with Gasteiger partial charge in [0.05, 0.1) is 4.90 Å². The van der Waals surface area contributed by atoms with Gasteiger partial charge in [-0.05, 0) is 50.5 Å². The van der Waals surface area contributed by atoms with Crippen LogP contribution >= 0.6 is 0 Å². The maximum absolute atomic E-state index is 13.5.